The summed E-state index contributed by atoms with van der Waals surface area (Å²) in [5.74, 6) is 0.407. The Hall–Kier alpha value is -2.07. The molecular weight excluding hydrogens is 290 g/mol. The number of hydrogen-bond donors (Lipinski definition) is 0. The predicted octanol–water partition coefficient (Wildman–Crippen LogP) is 4.60. The lowest BCUT2D eigenvalue weighted by atomic mass is 10.1. The third-order valence-corrected chi connectivity index (χ3v) is 4.57. The lowest BCUT2D eigenvalue weighted by Crippen LogP contribution is -2.01. The van der Waals surface area contributed by atoms with Crippen molar-refractivity contribution in [2.75, 3.05) is 0 Å². The fraction of sp³-hybridized carbons (Fsp3) is 0.222. The largest absolute Gasteiger partial charge is 0.321 e. The van der Waals surface area contributed by atoms with E-state index >= 15 is 0 Å². The zero-order chi connectivity index (χ0) is 15.4. The fourth-order valence-electron chi connectivity index (χ4n) is 2.29. The van der Waals surface area contributed by atoms with Gasteiger partial charge in [-0.3, -0.25) is 4.98 Å². The molecule has 0 N–H and O–H groups in total. The van der Waals surface area contributed by atoms with E-state index in [1.807, 2.05) is 36.9 Å². The molecule has 0 saturated carbocycles. The van der Waals surface area contributed by atoms with Crippen molar-refractivity contribution in [3.8, 4) is 0 Å². The topological polar surface area (TPSA) is 30.7 Å². The van der Waals surface area contributed by atoms with Crippen LogP contribution in [-0.4, -0.2) is 14.5 Å². The summed E-state index contributed by atoms with van der Waals surface area (Å²) in [6.45, 7) is 5.19. The van der Waals surface area contributed by atoms with Crippen LogP contribution in [-0.2, 0) is 6.54 Å². The molecule has 0 aliphatic rings. The molecule has 2 aromatic heterocycles. The van der Waals surface area contributed by atoms with E-state index in [2.05, 4.69) is 52.6 Å². The van der Waals surface area contributed by atoms with Crippen LogP contribution < -0.4 is 0 Å². The van der Waals surface area contributed by atoms with Crippen molar-refractivity contribution in [3.05, 3.63) is 72.4 Å². The molecule has 112 valence electrons. The van der Waals surface area contributed by atoms with Crippen LogP contribution in [0, 0.1) is 0 Å². The van der Waals surface area contributed by atoms with Crippen molar-refractivity contribution in [2.24, 2.45) is 0 Å². The highest BCUT2D eigenvalue weighted by molar-refractivity contribution is 7.99. The zero-order valence-electron chi connectivity index (χ0n) is 12.8. The second kappa shape index (κ2) is 6.79. The Bertz CT molecular complexity index is 721. The van der Waals surface area contributed by atoms with Gasteiger partial charge in [-0.15, -0.1) is 0 Å². The molecule has 2 heterocycles. The van der Waals surface area contributed by atoms with Crippen molar-refractivity contribution < 1.29 is 0 Å². The summed E-state index contributed by atoms with van der Waals surface area (Å²) in [4.78, 5) is 9.95. The lowest BCUT2D eigenvalue weighted by molar-refractivity contribution is 0.707. The highest BCUT2D eigenvalue weighted by Gasteiger charge is 2.15. The monoisotopic (exact) mass is 309 g/mol. The summed E-state index contributed by atoms with van der Waals surface area (Å²) in [5, 5.41) is 1.22. The van der Waals surface area contributed by atoms with Crippen LogP contribution in [0.4, 0.5) is 0 Å². The normalized spacial score (nSPS) is 11.0. The third-order valence-electron chi connectivity index (χ3n) is 3.42. The average Bonchev–Trinajstić information content (AvgIpc) is 2.92. The maximum Gasteiger partial charge on any atom is 0.103 e. The molecule has 22 heavy (non-hydrogen) atoms. The molecule has 0 aliphatic carbocycles. The van der Waals surface area contributed by atoms with Gasteiger partial charge in [-0.05, 0) is 35.7 Å². The molecule has 3 rings (SSSR count). The minimum atomic E-state index is 0.407. The Balaban J connectivity index is 1.93. The summed E-state index contributed by atoms with van der Waals surface area (Å²) in [7, 11) is 0. The van der Waals surface area contributed by atoms with Gasteiger partial charge in [-0.1, -0.05) is 43.8 Å². The second-order valence-electron chi connectivity index (χ2n) is 5.49. The third kappa shape index (κ3) is 3.39. The SMILES string of the molecule is CC(C)c1ncn(Cc2ccncc2)c1Sc1ccccc1. The van der Waals surface area contributed by atoms with Crippen LogP contribution in [0.2, 0.25) is 0 Å². The van der Waals surface area contributed by atoms with E-state index in [0.29, 0.717) is 5.92 Å². The maximum atomic E-state index is 4.63. The quantitative estimate of drug-likeness (QED) is 0.690. The van der Waals surface area contributed by atoms with E-state index in [9.17, 15) is 0 Å². The van der Waals surface area contributed by atoms with E-state index in [-0.39, 0.29) is 0 Å². The zero-order valence-corrected chi connectivity index (χ0v) is 13.6. The van der Waals surface area contributed by atoms with Gasteiger partial charge in [-0.2, -0.15) is 0 Å². The van der Waals surface area contributed by atoms with Gasteiger partial charge < -0.3 is 4.57 Å². The van der Waals surface area contributed by atoms with Gasteiger partial charge >= 0.3 is 0 Å². The number of hydrogen-bond acceptors (Lipinski definition) is 3. The summed E-state index contributed by atoms with van der Waals surface area (Å²) in [6, 6.07) is 14.6. The standard InChI is InChI=1S/C18H19N3S/c1-14(2)17-18(22-16-6-4-3-5-7-16)21(13-20-17)12-15-8-10-19-11-9-15/h3-11,13-14H,12H2,1-2H3. The lowest BCUT2D eigenvalue weighted by Gasteiger charge is -2.11. The predicted molar refractivity (Wildman–Crippen MR) is 90.2 cm³/mol. The van der Waals surface area contributed by atoms with Gasteiger partial charge in [-0.25, -0.2) is 4.98 Å². The first-order chi connectivity index (χ1) is 10.7. The van der Waals surface area contributed by atoms with Gasteiger partial charge in [0.15, 0.2) is 0 Å². The first-order valence-electron chi connectivity index (χ1n) is 7.41. The van der Waals surface area contributed by atoms with E-state index in [1.165, 1.54) is 15.5 Å². The molecule has 0 bridgehead atoms. The molecule has 3 nitrogen and oxygen atoms in total. The molecule has 0 atom stereocenters. The Morgan fingerprint density at radius 3 is 2.45 bits per heavy atom. The van der Waals surface area contributed by atoms with E-state index in [0.717, 1.165) is 12.2 Å². The number of rotatable bonds is 5. The van der Waals surface area contributed by atoms with Crippen LogP contribution in [0.25, 0.3) is 0 Å². The summed E-state index contributed by atoms with van der Waals surface area (Å²) < 4.78 is 2.22. The van der Waals surface area contributed by atoms with Crippen molar-refractivity contribution >= 4 is 11.8 Å². The smallest absolute Gasteiger partial charge is 0.103 e. The molecule has 0 aliphatic heterocycles. The first-order valence-corrected chi connectivity index (χ1v) is 8.22. The van der Waals surface area contributed by atoms with Crippen LogP contribution in [0.3, 0.4) is 0 Å². The van der Waals surface area contributed by atoms with Crippen molar-refractivity contribution in [1.29, 1.82) is 0 Å². The Morgan fingerprint density at radius 1 is 1.05 bits per heavy atom. The minimum Gasteiger partial charge on any atom is -0.321 e. The van der Waals surface area contributed by atoms with Crippen molar-refractivity contribution in [2.45, 2.75) is 36.2 Å². The molecule has 0 fully saturated rings. The molecule has 4 heteroatoms. The summed E-state index contributed by atoms with van der Waals surface area (Å²) in [6.07, 6.45) is 5.61. The number of pyridine rings is 1. The van der Waals surface area contributed by atoms with E-state index in [4.69, 9.17) is 0 Å². The minimum absolute atomic E-state index is 0.407. The first kappa shape index (κ1) is 14.9. The molecule has 3 aromatic rings. The number of aromatic nitrogens is 3. The van der Waals surface area contributed by atoms with Crippen LogP contribution >= 0.6 is 11.8 Å². The maximum absolute atomic E-state index is 4.63. The van der Waals surface area contributed by atoms with Gasteiger partial charge in [0.05, 0.1) is 12.0 Å². The molecule has 0 spiro atoms. The summed E-state index contributed by atoms with van der Waals surface area (Å²) in [5.41, 5.74) is 2.39. The Morgan fingerprint density at radius 2 is 1.77 bits per heavy atom. The molecule has 0 radical (unpaired) electrons. The van der Waals surface area contributed by atoms with Gasteiger partial charge in [0, 0.05) is 23.8 Å². The number of benzene rings is 1. The highest BCUT2D eigenvalue weighted by Crippen LogP contribution is 2.33. The van der Waals surface area contributed by atoms with Crippen LogP contribution in [0.1, 0.15) is 31.0 Å². The van der Waals surface area contributed by atoms with Crippen LogP contribution in [0.15, 0.2) is 71.1 Å². The van der Waals surface area contributed by atoms with E-state index in [1.54, 1.807) is 11.8 Å². The Labute approximate surface area is 135 Å². The Kier molecular flexibility index (Phi) is 4.59. The van der Waals surface area contributed by atoms with Crippen molar-refractivity contribution in [1.82, 2.24) is 14.5 Å². The molecular formula is C18H19N3S. The number of imidazole rings is 1. The second-order valence-corrected chi connectivity index (χ2v) is 6.55. The molecule has 0 unspecified atom stereocenters. The van der Waals surface area contributed by atoms with Gasteiger partial charge in [0.1, 0.15) is 5.03 Å². The van der Waals surface area contributed by atoms with E-state index < -0.39 is 0 Å². The summed E-state index contributed by atoms with van der Waals surface area (Å²) >= 11 is 1.78. The average molecular weight is 309 g/mol. The molecule has 1 aromatic carbocycles. The highest BCUT2D eigenvalue weighted by atomic mass is 32.2. The van der Waals surface area contributed by atoms with Crippen LogP contribution in [0.5, 0.6) is 0 Å². The molecule has 0 amide bonds. The van der Waals surface area contributed by atoms with Gasteiger partial charge in [0.2, 0.25) is 0 Å². The number of nitrogens with zero attached hydrogens (tertiary/aromatic N) is 3. The molecule has 0 saturated heterocycles. The van der Waals surface area contributed by atoms with Gasteiger partial charge in [0.25, 0.3) is 0 Å². The van der Waals surface area contributed by atoms with Crippen molar-refractivity contribution in [3.63, 3.8) is 0 Å². The fourth-order valence-corrected chi connectivity index (χ4v) is 3.43.